The van der Waals surface area contributed by atoms with E-state index in [1.54, 1.807) is 41.9 Å². The van der Waals surface area contributed by atoms with Crippen molar-refractivity contribution in [3.05, 3.63) is 68.8 Å². The van der Waals surface area contributed by atoms with Crippen molar-refractivity contribution in [3.8, 4) is 6.07 Å². The van der Waals surface area contributed by atoms with Gasteiger partial charge in [0, 0.05) is 6.20 Å². The first kappa shape index (κ1) is 17.2. The van der Waals surface area contributed by atoms with Crippen molar-refractivity contribution in [1.82, 2.24) is 15.3 Å². The number of pyridine rings is 2. The summed E-state index contributed by atoms with van der Waals surface area (Å²) in [6, 6.07) is 11.8. The lowest BCUT2D eigenvalue weighted by Gasteiger charge is -2.10. The minimum Gasteiger partial charge on any atom is -0.372 e. The lowest BCUT2D eigenvalue weighted by atomic mass is 10.2. The van der Waals surface area contributed by atoms with E-state index in [0.29, 0.717) is 16.0 Å². The van der Waals surface area contributed by atoms with Crippen molar-refractivity contribution >= 4 is 34.4 Å². The minimum atomic E-state index is -0.536. The molecule has 0 saturated carbocycles. The predicted octanol–water partition coefficient (Wildman–Crippen LogP) is 1.11. The second-order valence-electron chi connectivity index (χ2n) is 5.18. The molecule has 3 heterocycles. The molecule has 0 bridgehead atoms. The Morgan fingerprint density at radius 1 is 1.19 bits per heavy atom. The number of carbonyl (C=O) groups is 2. The van der Waals surface area contributed by atoms with Crippen LogP contribution in [0.4, 0.5) is 5.69 Å². The van der Waals surface area contributed by atoms with Gasteiger partial charge in [-0.3, -0.25) is 29.6 Å². The Hall–Kier alpha value is -3.64. The van der Waals surface area contributed by atoms with Gasteiger partial charge in [0.2, 0.25) is 0 Å². The molecule has 9 heteroatoms. The lowest BCUT2D eigenvalue weighted by Crippen LogP contribution is -2.44. The maximum atomic E-state index is 12.4. The van der Waals surface area contributed by atoms with Crippen molar-refractivity contribution < 1.29 is 9.59 Å². The van der Waals surface area contributed by atoms with Crippen LogP contribution < -0.4 is 21.7 Å². The smallest absolute Gasteiger partial charge is 0.279 e. The van der Waals surface area contributed by atoms with Crippen LogP contribution in [0, 0.1) is 11.3 Å². The molecule has 0 saturated heterocycles. The Bertz CT molecular complexity index is 1070. The zero-order chi connectivity index (χ0) is 18.5. The summed E-state index contributed by atoms with van der Waals surface area (Å²) < 4.78 is 1.33. The number of anilines is 1. The number of nitrogens with zero attached hydrogens (tertiary/aromatic N) is 2. The number of fused-ring (bicyclic) bond motifs is 1. The minimum absolute atomic E-state index is 0.116. The van der Waals surface area contributed by atoms with Gasteiger partial charge in [0.05, 0.1) is 22.5 Å². The average Bonchev–Trinajstić information content (AvgIpc) is 3.20. The summed E-state index contributed by atoms with van der Waals surface area (Å²) in [4.78, 5) is 36.5. The van der Waals surface area contributed by atoms with Gasteiger partial charge in [0.1, 0.15) is 11.8 Å². The summed E-state index contributed by atoms with van der Waals surface area (Å²) in [5.41, 5.74) is 5.07. The highest BCUT2D eigenvalue weighted by Crippen LogP contribution is 2.12. The number of hydrogen-bond acceptors (Lipinski definition) is 6. The third-order valence-electron chi connectivity index (χ3n) is 3.49. The van der Waals surface area contributed by atoms with Gasteiger partial charge in [0.15, 0.2) is 0 Å². The molecule has 0 unspecified atom stereocenters. The second-order valence-corrected chi connectivity index (χ2v) is 6.13. The normalized spacial score (nSPS) is 10.1. The van der Waals surface area contributed by atoms with Crippen LogP contribution >= 0.6 is 11.3 Å². The highest BCUT2D eigenvalue weighted by Gasteiger charge is 2.11. The van der Waals surface area contributed by atoms with Gasteiger partial charge < -0.3 is 5.32 Å². The number of hydrogen-bond donors (Lipinski definition) is 3. The Morgan fingerprint density at radius 2 is 2.04 bits per heavy atom. The lowest BCUT2D eigenvalue weighted by molar-refractivity contribution is -0.120. The summed E-state index contributed by atoms with van der Waals surface area (Å²) in [5.74, 6) is -0.961. The molecule has 0 fully saturated rings. The number of aromatic nitrogens is 1. The number of nitriles is 1. The zero-order valence-electron chi connectivity index (χ0n) is 13.4. The van der Waals surface area contributed by atoms with Crippen molar-refractivity contribution in [2.75, 3.05) is 11.9 Å². The number of amides is 2. The number of hydrazine groups is 1. The van der Waals surface area contributed by atoms with Crippen LogP contribution in [0.5, 0.6) is 0 Å². The SMILES string of the molecule is N#Cc1cc(NCC(=O)NNC(=O)c2cccs2)c(=O)n2ccccc12. The third kappa shape index (κ3) is 3.55. The largest absolute Gasteiger partial charge is 0.372 e. The molecule has 130 valence electrons. The van der Waals surface area contributed by atoms with E-state index in [9.17, 15) is 19.6 Å². The second kappa shape index (κ2) is 7.50. The fraction of sp³-hybridized carbons (Fsp3) is 0.0588. The summed E-state index contributed by atoms with van der Waals surface area (Å²) in [6.45, 7) is -0.246. The molecule has 0 aromatic carbocycles. The molecule has 0 aliphatic rings. The first-order valence-electron chi connectivity index (χ1n) is 7.51. The van der Waals surface area contributed by atoms with Crippen LogP contribution in [0.15, 0.2) is 52.8 Å². The van der Waals surface area contributed by atoms with E-state index in [4.69, 9.17) is 0 Å². The topological polar surface area (TPSA) is 116 Å². The molecule has 3 aromatic rings. The Labute approximate surface area is 151 Å². The zero-order valence-corrected chi connectivity index (χ0v) is 14.2. The van der Waals surface area contributed by atoms with Gasteiger partial charge in [0.25, 0.3) is 17.4 Å². The molecule has 26 heavy (non-hydrogen) atoms. The molecule has 0 spiro atoms. The summed E-state index contributed by atoms with van der Waals surface area (Å²) in [6.07, 6.45) is 1.55. The summed E-state index contributed by atoms with van der Waals surface area (Å²) in [5, 5.41) is 13.7. The molecule has 3 N–H and O–H groups in total. The summed E-state index contributed by atoms with van der Waals surface area (Å²) in [7, 11) is 0. The van der Waals surface area contributed by atoms with Gasteiger partial charge in [-0.25, -0.2) is 0 Å². The van der Waals surface area contributed by atoms with Crippen LogP contribution in [0.25, 0.3) is 5.52 Å². The van der Waals surface area contributed by atoms with Crippen LogP contribution in [0.1, 0.15) is 15.2 Å². The Kier molecular flexibility index (Phi) is 4.96. The van der Waals surface area contributed by atoms with Crippen molar-refractivity contribution in [2.24, 2.45) is 0 Å². The van der Waals surface area contributed by atoms with Crippen molar-refractivity contribution in [1.29, 1.82) is 5.26 Å². The number of carbonyl (C=O) groups excluding carboxylic acids is 2. The number of nitrogens with one attached hydrogen (secondary N) is 3. The Balaban J connectivity index is 1.67. The molecular formula is C17H13N5O3S. The standard InChI is InChI=1S/C17H13N5O3S/c18-9-11-8-12(17(25)22-6-2-1-4-13(11)22)19-10-15(23)20-21-16(24)14-5-3-7-26-14/h1-8,19H,10H2,(H,20,23)(H,21,24). The average molecular weight is 367 g/mol. The molecular weight excluding hydrogens is 354 g/mol. The highest BCUT2D eigenvalue weighted by molar-refractivity contribution is 7.12. The van der Waals surface area contributed by atoms with Gasteiger partial charge in [-0.05, 0) is 29.6 Å². The van der Waals surface area contributed by atoms with Crippen molar-refractivity contribution in [2.45, 2.75) is 0 Å². The molecule has 0 atom stereocenters. The first-order chi connectivity index (χ1) is 12.6. The van der Waals surface area contributed by atoms with Gasteiger partial charge >= 0.3 is 0 Å². The van der Waals surface area contributed by atoms with Crippen LogP contribution in [-0.4, -0.2) is 22.8 Å². The van der Waals surface area contributed by atoms with Crippen LogP contribution in [-0.2, 0) is 4.79 Å². The van der Waals surface area contributed by atoms with Crippen LogP contribution in [0.2, 0.25) is 0 Å². The molecule has 2 amide bonds. The van der Waals surface area contributed by atoms with E-state index in [1.165, 1.54) is 21.8 Å². The number of thiophene rings is 1. The molecule has 0 radical (unpaired) electrons. The van der Waals surface area contributed by atoms with E-state index < -0.39 is 11.8 Å². The van der Waals surface area contributed by atoms with E-state index >= 15 is 0 Å². The molecule has 8 nitrogen and oxygen atoms in total. The van der Waals surface area contributed by atoms with Gasteiger partial charge in [-0.15, -0.1) is 11.3 Å². The fourth-order valence-electron chi connectivity index (χ4n) is 2.28. The maximum absolute atomic E-state index is 12.4. The Morgan fingerprint density at radius 3 is 2.77 bits per heavy atom. The molecule has 3 rings (SSSR count). The third-order valence-corrected chi connectivity index (χ3v) is 4.36. The molecule has 0 aliphatic carbocycles. The van der Waals surface area contributed by atoms with Crippen LogP contribution in [0.3, 0.4) is 0 Å². The maximum Gasteiger partial charge on any atom is 0.279 e. The quantitative estimate of drug-likeness (QED) is 0.598. The van der Waals surface area contributed by atoms with E-state index in [2.05, 4.69) is 16.2 Å². The van der Waals surface area contributed by atoms with Crippen molar-refractivity contribution in [3.63, 3.8) is 0 Å². The molecule has 3 aromatic heterocycles. The first-order valence-corrected chi connectivity index (χ1v) is 8.39. The molecule has 0 aliphatic heterocycles. The number of rotatable bonds is 4. The van der Waals surface area contributed by atoms with E-state index in [-0.39, 0.29) is 17.8 Å². The highest BCUT2D eigenvalue weighted by atomic mass is 32.1. The van der Waals surface area contributed by atoms with Gasteiger partial charge in [-0.2, -0.15) is 5.26 Å². The van der Waals surface area contributed by atoms with Gasteiger partial charge in [-0.1, -0.05) is 12.1 Å². The monoisotopic (exact) mass is 367 g/mol. The predicted molar refractivity (Wildman–Crippen MR) is 96.8 cm³/mol. The fourth-order valence-corrected chi connectivity index (χ4v) is 2.90. The van der Waals surface area contributed by atoms with E-state index in [0.717, 1.165) is 0 Å². The summed E-state index contributed by atoms with van der Waals surface area (Å²) >= 11 is 1.25. The van der Waals surface area contributed by atoms with E-state index in [1.807, 2.05) is 6.07 Å².